The van der Waals surface area contributed by atoms with E-state index in [0.29, 0.717) is 17.5 Å². The van der Waals surface area contributed by atoms with Crippen LogP contribution in [0.15, 0.2) is 16.7 Å². The van der Waals surface area contributed by atoms with Crippen LogP contribution in [0.5, 0.6) is 11.5 Å². The maximum Gasteiger partial charge on any atom is 0.306 e. The number of methoxy groups -OCH3 is 1. The van der Waals surface area contributed by atoms with Crippen LogP contribution in [0, 0.1) is 5.41 Å². The van der Waals surface area contributed by atoms with E-state index < -0.39 is 60.9 Å². The van der Waals surface area contributed by atoms with Crippen LogP contribution in [0.1, 0.15) is 62.5 Å². The van der Waals surface area contributed by atoms with Gasteiger partial charge in [0.05, 0.1) is 25.4 Å². The number of aliphatic hydroxyl groups excluding tert-OH is 4. The van der Waals surface area contributed by atoms with Gasteiger partial charge < -0.3 is 59.3 Å². The number of rotatable bonds is 11. The second-order valence-corrected chi connectivity index (χ2v) is 11.8. The summed E-state index contributed by atoms with van der Waals surface area (Å²) in [7, 11) is 1.36. The Kier molecular flexibility index (Phi) is 9.42. The van der Waals surface area contributed by atoms with Gasteiger partial charge in [-0.25, -0.2) is 0 Å². The van der Waals surface area contributed by atoms with Crippen molar-refractivity contribution in [1.82, 2.24) is 5.32 Å². The molecule has 2 saturated heterocycles. The predicted molar refractivity (Wildman–Crippen MR) is 151 cm³/mol. The van der Waals surface area contributed by atoms with E-state index in [1.807, 2.05) is 0 Å². The van der Waals surface area contributed by atoms with Crippen LogP contribution in [0.2, 0.25) is 0 Å². The first-order chi connectivity index (χ1) is 21.0. The Labute approximate surface area is 253 Å². The molecule has 3 heterocycles. The highest BCUT2D eigenvalue weighted by Crippen LogP contribution is 2.54. The summed E-state index contributed by atoms with van der Waals surface area (Å²) in [6, 6.07) is 1.74. The lowest BCUT2D eigenvalue weighted by atomic mass is 9.72. The Hall–Kier alpha value is -2.98. The normalized spacial score (nSPS) is 29.8. The fourth-order valence-electron chi connectivity index (χ4n) is 7.03. The van der Waals surface area contributed by atoms with Gasteiger partial charge in [0.1, 0.15) is 18.3 Å². The maximum absolute atomic E-state index is 13.0. The van der Waals surface area contributed by atoms with Crippen LogP contribution in [-0.4, -0.2) is 106 Å². The van der Waals surface area contributed by atoms with Crippen molar-refractivity contribution in [2.75, 3.05) is 26.9 Å². The number of benzene rings is 1. The van der Waals surface area contributed by atoms with E-state index in [1.54, 1.807) is 19.3 Å². The minimum absolute atomic E-state index is 0.0165. The van der Waals surface area contributed by atoms with Crippen molar-refractivity contribution in [2.45, 2.75) is 94.3 Å². The number of aliphatic hydroxyl groups is 6. The lowest BCUT2D eigenvalue weighted by Gasteiger charge is -2.48. The number of aryl methyl sites for hydroxylation is 1. The van der Waals surface area contributed by atoms with Gasteiger partial charge in [0.25, 0.3) is 0 Å². The molecule has 14 nitrogen and oxygen atoms in total. The molecule has 1 spiro atoms. The van der Waals surface area contributed by atoms with Gasteiger partial charge in [-0.05, 0) is 37.8 Å². The van der Waals surface area contributed by atoms with Gasteiger partial charge in [0, 0.05) is 42.9 Å². The molecule has 0 radical (unpaired) electrons. The first kappa shape index (κ1) is 32.4. The van der Waals surface area contributed by atoms with Gasteiger partial charge in [-0.1, -0.05) is 12.8 Å². The van der Waals surface area contributed by atoms with Crippen LogP contribution < -0.4 is 14.8 Å². The van der Waals surface area contributed by atoms with E-state index in [2.05, 4.69) is 5.32 Å². The molecule has 1 amide bonds. The molecule has 244 valence electrons. The molecule has 2 aliphatic heterocycles. The number of hydrogen-bond acceptors (Lipinski definition) is 13. The topological polar surface area (TPSA) is 218 Å². The van der Waals surface area contributed by atoms with Gasteiger partial charge in [0.15, 0.2) is 23.2 Å². The molecule has 1 saturated carbocycles. The molecule has 2 aromatic rings. The first-order valence-corrected chi connectivity index (χ1v) is 14.9. The third-order valence-electron chi connectivity index (χ3n) is 9.34. The van der Waals surface area contributed by atoms with Crippen LogP contribution in [-0.2, 0) is 25.5 Å². The third-order valence-corrected chi connectivity index (χ3v) is 9.34. The number of nitrogens with one attached hydrogen (secondary N) is 1. The van der Waals surface area contributed by atoms with Gasteiger partial charge in [-0.2, -0.15) is 0 Å². The SMILES string of the molecule is CCOC(=O)CCc1cc2c([C@@H]3CNC(=O)C34CCCC4)coc2c(OC)c1O[C@H]1O[C@H](C(O)O)[C@@H](O)[C@H](O)[C@]1(O)CCO. The summed E-state index contributed by atoms with van der Waals surface area (Å²) in [4.78, 5) is 25.4. The number of carbonyl (C=O) groups is 2. The minimum atomic E-state index is -2.41. The van der Waals surface area contributed by atoms with Crippen molar-refractivity contribution in [3.8, 4) is 11.5 Å². The van der Waals surface area contributed by atoms with E-state index >= 15 is 0 Å². The summed E-state index contributed by atoms with van der Waals surface area (Å²) in [6.45, 7) is 1.65. The largest absolute Gasteiger partial charge is 0.490 e. The molecule has 14 heteroatoms. The molecule has 1 aliphatic carbocycles. The number of ether oxygens (including phenoxy) is 4. The number of amides is 1. The summed E-state index contributed by atoms with van der Waals surface area (Å²) in [6.07, 6.45) is -5.38. The quantitative estimate of drug-likeness (QED) is 0.129. The molecule has 3 aliphatic rings. The van der Waals surface area contributed by atoms with Gasteiger partial charge in [0.2, 0.25) is 17.9 Å². The lowest BCUT2D eigenvalue weighted by Crippen LogP contribution is -2.69. The standard InChI is InChI=1S/C30H41NO13/c1-3-41-19(33)7-6-15-12-16-17(18-13-31-27(38)29(18)8-4-5-9-29)14-42-22(16)24(40-2)21(15)43-28-30(39,10-11-32)25(35)20(34)23(44-28)26(36)37/h12,14,18,20,23,25-26,28,32,34-37,39H,3-11,13H2,1-2H3,(H,31,38)/t18-,20+,23-,25-,28-,30+/m0/s1. The van der Waals surface area contributed by atoms with Crippen molar-refractivity contribution in [3.05, 3.63) is 23.5 Å². The van der Waals surface area contributed by atoms with Crippen molar-refractivity contribution in [3.63, 3.8) is 0 Å². The monoisotopic (exact) mass is 623 g/mol. The zero-order valence-corrected chi connectivity index (χ0v) is 24.7. The summed E-state index contributed by atoms with van der Waals surface area (Å²) < 4.78 is 28.6. The van der Waals surface area contributed by atoms with E-state index in [9.17, 15) is 40.2 Å². The fraction of sp³-hybridized carbons (Fsp3) is 0.667. The molecular formula is C30H41NO13. The molecule has 1 aromatic heterocycles. The number of fused-ring (bicyclic) bond motifs is 1. The van der Waals surface area contributed by atoms with Crippen molar-refractivity contribution >= 4 is 22.8 Å². The fourth-order valence-corrected chi connectivity index (χ4v) is 7.03. The second kappa shape index (κ2) is 12.8. The Morgan fingerprint density at radius 2 is 1.93 bits per heavy atom. The van der Waals surface area contributed by atoms with E-state index in [-0.39, 0.29) is 48.4 Å². The molecule has 0 bridgehead atoms. The number of carbonyl (C=O) groups excluding carboxylic acids is 2. The minimum Gasteiger partial charge on any atom is -0.490 e. The average Bonchev–Trinajstić information content (AvgIpc) is 3.72. The van der Waals surface area contributed by atoms with Crippen LogP contribution in [0.3, 0.4) is 0 Å². The predicted octanol–water partition coefficient (Wildman–Crippen LogP) is -0.0394. The average molecular weight is 624 g/mol. The summed E-state index contributed by atoms with van der Waals surface area (Å²) in [5, 5.41) is 65.6. The number of furan rings is 1. The highest BCUT2D eigenvalue weighted by atomic mass is 16.7. The summed E-state index contributed by atoms with van der Waals surface area (Å²) in [5.74, 6) is -0.622. The van der Waals surface area contributed by atoms with Gasteiger partial charge in [-0.15, -0.1) is 0 Å². The molecule has 6 atom stereocenters. The van der Waals surface area contributed by atoms with Crippen molar-refractivity contribution in [2.24, 2.45) is 5.41 Å². The van der Waals surface area contributed by atoms with Crippen LogP contribution >= 0.6 is 0 Å². The molecule has 44 heavy (non-hydrogen) atoms. The zero-order chi connectivity index (χ0) is 31.8. The van der Waals surface area contributed by atoms with E-state index in [4.69, 9.17) is 23.4 Å². The molecular weight excluding hydrogens is 582 g/mol. The second-order valence-electron chi connectivity index (χ2n) is 11.8. The van der Waals surface area contributed by atoms with Crippen molar-refractivity contribution < 1.29 is 63.6 Å². The van der Waals surface area contributed by atoms with Gasteiger partial charge in [-0.3, -0.25) is 9.59 Å². The molecule has 1 aromatic carbocycles. The maximum atomic E-state index is 13.0. The lowest BCUT2D eigenvalue weighted by molar-refractivity contribution is -0.346. The molecule has 7 N–H and O–H groups in total. The molecule has 3 fully saturated rings. The zero-order valence-electron chi connectivity index (χ0n) is 24.7. The summed E-state index contributed by atoms with van der Waals surface area (Å²) in [5.41, 5.74) is -1.52. The Balaban J connectivity index is 1.62. The highest BCUT2D eigenvalue weighted by Gasteiger charge is 2.58. The summed E-state index contributed by atoms with van der Waals surface area (Å²) >= 11 is 0. The van der Waals surface area contributed by atoms with Crippen LogP contribution in [0.4, 0.5) is 0 Å². The Morgan fingerprint density at radius 3 is 2.57 bits per heavy atom. The first-order valence-electron chi connectivity index (χ1n) is 14.9. The molecule has 0 unspecified atom stereocenters. The smallest absolute Gasteiger partial charge is 0.306 e. The van der Waals surface area contributed by atoms with Crippen molar-refractivity contribution in [1.29, 1.82) is 0 Å². The van der Waals surface area contributed by atoms with E-state index in [0.717, 1.165) is 31.2 Å². The van der Waals surface area contributed by atoms with Crippen LogP contribution in [0.25, 0.3) is 11.0 Å². The Morgan fingerprint density at radius 1 is 1.20 bits per heavy atom. The number of esters is 1. The highest BCUT2D eigenvalue weighted by molar-refractivity contribution is 5.93. The van der Waals surface area contributed by atoms with Gasteiger partial charge >= 0.3 is 5.97 Å². The number of hydrogen-bond donors (Lipinski definition) is 7. The van der Waals surface area contributed by atoms with E-state index in [1.165, 1.54) is 7.11 Å². The Bertz CT molecular complexity index is 1350. The third kappa shape index (κ3) is 5.42. The molecule has 5 rings (SSSR count).